The van der Waals surface area contributed by atoms with Crippen molar-refractivity contribution in [2.45, 2.75) is 85.6 Å². The van der Waals surface area contributed by atoms with Gasteiger partial charge in [-0.25, -0.2) is 19.2 Å². The molecule has 2 aromatic rings. The van der Waals surface area contributed by atoms with Gasteiger partial charge >= 0.3 is 24.1 Å². The summed E-state index contributed by atoms with van der Waals surface area (Å²) < 4.78 is 15.7. The van der Waals surface area contributed by atoms with Crippen molar-refractivity contribution in [2.75, 3.05) is 19.7 Å². The second-order valence-corrected chi connectivity index (χ2v) is 13.7. The Morgan fingerprint density at radius 3 is 1.62 bits per heavy atom. The number of fused-ring (bicyclic) bond motifs is 2. The van der Waals surface area contributed by atoms with Gasteiger partial charge in [0.15, 0.2) is 0 Å². The van der Waals surface area contributed by atoms with E-state index in [0.717, 1.165) is 27.3 Å². The van der Waals surface area contributed by atoms with Crippen LogP contribution in [0.1, 0.15) is 88.7 Å². The average molecular weight is 595 g/mol. The Kier molecular flexibility index (Phi) is 9.89. The van der Waals surface area contributed by atoms with Gasteiger partial charge in [-0.1, -0.05) is 0 Å². The number of aromatic carboxylic acids is 1. The number of carbonyl (C=O) groups excluding carboxylic acids is 3. The van der Waals surface area contributed by atoms with Crippen molar-refractivity contribution >= 4 is 46.8 Å². The molecule has 2 aliphatic heterocycles. The van der Waals surface area contributed by atoms with Crippen LogP contribution in [0, 0.1) is 0 Å². The first-order valence-electron chi connectivity index (χ1n) is 13.2. The van der Waals surface area contributed by atoms with Crippen molar-refractivity contribution in [1.29, 1.82) is 0 Å². The van der Waals surface area contributed by atoms with E-state index in [1.54, 1.807) is 22.8 Å². The second-order valence-electron chi connectivity index (χ2n) is 11.4. The summed E-state index contributed by atoms with van der Waals surface area (Å²) in [7, 11) is 0. The summed E-state index contributed by atoms with van der Waals surface area (Å²) in [6, 6.07) is 3.48. The molecule has 0 aromatic carbocycles. The van der Waals surface area contributed by atoms with Gasteiger partial charge in [0.2, 0.25) is 0 Å². The molecule has 2 aromatic heterocycles. The van der Waals surface area contributed by atoms with Crippen molar-refractivity contribution in [3.63, 3.8) is 0 Å². The first-order chi connectivity index (χ1) is 18.6. The summed E-state index contributed by atoms with van der Waals surface area (Å²) in [6.45, 7) is 15.3. The summed E-state index contributed by atoms with van der Waals surface area (Å²) in [5, 5.41) is 8.97. The fraction of sp³-hybridized carbons (Fsp3) is 0.571. The zero-order valence-electron chi connectivity index (χ0n) is 24.1. The third-order valence-electron chi connectivity index (χ3n) is 5.72. The van der Waals surface area contributed by atoms with Crippen molar-refractivity contribution in [3.8, 4) is 0 Å². The Bertz CT molecular complexity index is 1250. The van der Waals surface area contributed by atoms with Gasteiger partial charge in [-0.05, 0) is 84.6 Å². The fourth-order valence-electron chi connectivity index (χ4n) is 4.04. The summed E-state index contributed by atoms with van der Waals surface area (Å²) in [6.07, 6.45) is 0.781. The largest absolute Gasteiger partial charge is 0.477 e. The molecule has 0 spiro atoms. The molecule has 0 fully saturated rings. The van der Waals surface area contributed by atoms with Crippen molar-refractivity contribution < 1.29 is 38.5 Å². The molecule has 0 radical (unpaired) electrons. The van der Waals surface area contributed by atoms with Crippen LogP contribution in [-0.4, -0.2) is 69.9 Å². The monoisotopic (exact) mass is 594 g/mol. The first kappa shape index (κ1) is 31.4. The molecule has 10 nitrogen and oxygen atoms in total. The molecule has 2 aliphatic rings. The molecule has 1 N–H and O–H groups in total. The summed E-state index contributed by atoms with van der Waals surface area (Å²) in [5.41, 5.74) is 0.917. The van der Waals surface area contributed by atoms with Gasteiger partial charge in [-0.2, -0.15) is 0 Å². The Hall–Kier alpha value is -3.12. The number of thiophene rings is 2. The Labute approximate surface area is 242 Å². The number of hydrogen-bond donors (Lipinski definition) is 1. The number of ether oxygens (including phenoxy) is 3. The highest BCUT2D eigenvalue weighted by atomic mass is 32.1. The first-order valence-corrected chi connectivity index (χ1v) is 14.8. The van der Waals surface area contributed by atoms with Crippen LogP contribution in [0.2, 0.25) is 0 Å². The number of nitrogens with zero attached hydrogens (tertiary/aromatic N) is 2. The van der Waals surface area contributed by atoms with Crippen LogP contribution < -0.4 is 0 Å². The lowest BCUT2D eigenvalue weighted by Gasteiger charge is -2.29. The van der Waals surface area contributed by atoms with E-state index in [9.17, 15) is 19.2 Å². The van der Waals surface area contributed by atoms with E-state index in [-0.39, 0.29) is 18.2 Å². The van der Waals surface area contributed by atoms with Gasteiger partial charge in [0.25, 0.3) is 0 Å². The van der Waals surface area contributed by atoms with E-state index in [1.807, 2.05) is 47.6 Å². The lowest BCUT2D eigenvalue weighted by molar-refractivity contribution is 0.0215. The van der Waals surface area contributed by atoms with Crippen molar-refractivity contribution in [2.24, 2.45) is 0 Å². The Morgan fingerprint density at radius 2 is 1.23 bits per heavy atom. The maximum absolute atomic E-state index is 12.1. The van der Waals surface area contributed by atoms with E-state index in [0.29, 0.717) is 49.0 Å². The standard InChI is InChI=1S/C15H21NO4S.C13H17NO4S/c1-5-19-13(17)12-8-10-9-16(7-6-11(10)21-12)14(18)20-15(2,3)4;1-13(2,3)18-12(17)14-5-4-9-8(7-14)6-10(19-9)11(15)16/h8H,5-7,9H2,1-4H3;6H,4-5,7H2,1-3H3,(H,15,16). The SMILES string of the molecule is CC(C)(C)OC(=O)N1CCc2sc(C(=O)O)cc2C1.CCOC(=O)c1cc2c(s1)CCN(C(=O)OC(C)(C)C)C2. The molecule has 0 saturated heterocycles. The van der Waals surface area contributed by atoms with Crippen LogP contribution in [0.5, 0.6) is 0 Å². The van der Waals surface area contributed by atoms with Gasteiger partial charge in [-0.15, -0.1) is 22.7 Å². The number of amides is 2. The number of carboxylic acid groups (broad SMARTS) is 1. The molecule has 0 aliphatic carbocycles. The predicted octanol–water partition coefficient (Wildman–Crippen LogP) is 5.96. The van der Waals surface area contributed by atoms with Gasteiger partial charge in [0, 0.05) is 22.8 Å². The van der Waals surface area contributed by atoms with Crippen LogP contribution in [0.25, 0.3) is 0 Å². The molecule has 220 valence electrons. The summed E-state index contributed by atoms with van der Waals surface area (Å²) in [4.78, 5) is 53.1. The van der Waals surface area contributed by atoms with E-state index in [4.69, 9.17) is 19.3 Å². The average Bonchev–Trinajstić information content (AvgIpc) is 3.46. The molecule has 40 heavy (non-hydrogen) atoms. The lowest BCUT2D eigenvalue weighted by Crippen LogP contribution is -2.39. The zero-order valence-corrected chi connectivity index (χ0v) is 25.8. The molecular weight excluding hydrogens is 556 g/mol. The number of rotatable bonds is 3. The molecule has 4 heterocycles. The molecule has 0 bridgehead atoms. The highest BCUT2D eigenvalue weighted by molar-refractivity contribution is 7.14. The lowest BCUT2D eigenvalue weighted by atomic mass is 10.1. The van der Waals surface area contributed by atoms with Gasteiger partial charge < -0.3 is 29.1 Å². The molecular formula is C28H38N2O8S2. The maximum atomic E-state index is 12.1. The van der Waals surface area contributed by atoms with Crippen LogP contribution in [0.4, 0.5) is 9.59 Å². The number of hydrogen-bond acceptors (Lipinski definition) is 9. The minimum atomic E-state index is -0.914. The Morgan fingerprint density at radius 1 is 0.800 bits per heavy atom. The third kappa shape index (κ3) is 8.69. The normalized spacial score (nSPS) is 14.8. The van der Waals surface area contributed by atoms with Gasteiger partial charge in [-0.3, -0.25) is 0 Å². The number of carbonyl (C=O) groups is 4. The minimum absolute atomic E-state index is 0.291. The highest BCUT2D eigenvalue weighted by Gasteiger charge is 2.29. The van der Waals surface area contributed by atoms with Crippen molar-refractivity contribution in [3.05, 3.63) is 42.8 Å². The van der Waals surface area contributed by atoms with E-state index in [1.165, 1.54) is 22.7 Å². The molecule has 0 saturated carbocycles. The number of esters is 1. The van der Waals surface area contributed by atoms with E-state index in [2.05, 4.69) is 0 Å². The van der Waals surface area contributed by atoms with Crippen molar-refractivity contribution in [1.82, 2.24) is 9.80 Å². The third-order valence-corrected chi connectivity index (χ3v) is 8.17. The van der Waals surface area contributed by atoms with Crippen LogP contribution in [0.3, 0.4) is 0 Å². The topological polar surface area (TPSA) is 123 Å². The van der Waals surface area contributed by atoms with Crippen LogP contribution in [0.15, 0.2) is 12.1 Å². The van der Waals surface area contributed by atoms with Crippen LogP contribution >= 0.6 is 22.7 Å². The summed E-state index contributed by atoms with van der Waals surface area (Å²) >= 11 is 2.75. The second kappa shape index (κ2) is 12.6. The molecule has 2 amide bonds. The fourth-order valence-corrected chi connectivity index (χ4v) is 6.10. The number of carboxylic acids is 1. The van der Waals surface area contributed by atoms with Gasteiger partial charge in [0.05, 0.1) is 19.7 Å². The zero-order chi connectivity index (χ0) is 29.8. The highest BCUT2D eigenvalue weighted by Crippen LogP contribution is 2.30. The van der Waals surface area contributed by atoms with Crippen LogP contribution in [-0.2, 0) is 40.1 Å². The van der Waals surface area contributed by atoms with Gasteiger partial charge in [0.1, 0.15) is 21.0 Å². The molecule has 12 heteroatoms. The Balaban J connectivity index is 0.000000222. The quantitative estimate of drug-likeness (QED) is 0.341. The smallest absolute Gasteiger partial charge is 0.410 e. The predicted molar refractivity (Wildman–Crippen MR) is 152 cm³/mol. The minimum Gasteiger partial charge on any atom is -0.477 e. The molecule has 0 unspecified atom stereocenters. The van der Waals surface area contributed by atoms with E-state index < -0.39 is 17.2 Å². The summed E-state index contributed by atoms with van der Waals surface area (Å²) in [5.74, 6) is -1.20. The molecule has 0 atom stereocenters. The maximum Gasteiger partial charge on any atom is 0.410 e. The van der Waals surface area contributed by atoms with E-state index >= 15 is 0 Å². The molecule has 4 rings (SSSR count).